The summed E-state index contributed by atoms with van der Waals surface area (Å²) in [7, 11) is 0. The molecule has 0 aromatic heterocycles. The van der Waals surface area contributed by atoms with Gasteiger partial charge in [-0.15, -0.1) is 0 Å². The zero-order chi connectivity index (χ0) is 11.6. The Morgan fingerprint density at radius 1 is 1.07 bits per heavy atom. The molecule has 0 atom stereocenters. The molecule has 1 rings (SSSR count). The predicted octanol–water partition coefficient (Wildman–Crippen LogP) is 3.54. The summed E-state index contributed by atoms with van der Waals surface area (Å²) in [6.07, 6.45) is 1.25. The van der Waals surface area contributed by atoms with Crippen LogP contribution >= 0.6 is 0 Å². The van der Waals surface area contributed by atoms with Crippen LogP contribution in [-0.2, 0) is 0 Å². The van der Waals surface area contributed by atoms with Gasteiger partial charge in [0.05, 0.1) is 0 Å². The molecule has 0 unspecified atom stereocenters. The second kappa shape index (κ2) is 10.8. The fraction of sp³-hybridized carbons (Fsp3) is 0.538. The van der Waals surface area contributed by atoms with Gasteiger partial charge < -0.3 is 0 Å². The SMILES string of the molecule is CC.CCC.Cc1ccc(C)[c]([Ge])c1. The van der Waals surface area contributed by atoms with E-state index in [9.17, 15) is 0 Å². The van der Waals surface area contributed by atoms with E-state index < -0.39 is 0 Å². The van der Waals surface area contributed by atoms with E-state index in [1.165, 1.54) is 21.9 Å². The number of aryl methyl sites for hydroxylation is 2. The van der Waals surface area contributed by atoms with Crippen LogP contribution < -0.4 is 4.40 Å². The molecule has 0 aliphatic heterocycles. The Balaban J connectivity index is 0. The third-order valence-corrected chi connectivity index (χ3v) is 2.52. The molecule has 0 fully saturated rings. The molecule has 0 aliphatic rings. The molecule has 1 aromatic carbocycles. The van der Waals surface area contributed by atoms with Gasteiger partial charge in [0.2, 0.25) is 0 Å². The first-order chi connectivity index (χ1) is 6.61. The minimum absolute atomic E-state index is 1.25. The molecule has 0 heterocycles. The number of rotatable bonds is 0. The Hall–Kier alpha value is -0.237. The van der Waals surface area contributed by atoms with E-state index in [-0.39, 0.29) is 0 Å². The Morgan fingerprint density at radius 3 is 1.79 bits per heavy atom. The molecule has 0 saturated carbocycles. The predicted molar refractivity (Wildman–Crippen MR) is 68.6 cm³/mol. The van der Waals surface area contributed by atoms with E-state index in [0.717, 1.165) is 0 Å². The van der Waals surface area contributed by atoms with Gasteiger partial charge in [-0.1, -0.05) is 34.1 Å². The van der Waals surface area contributed by atoms with Crippen LogP contribution in [0.4, 0.5) is 0 Å². The van der Waals surface area contributed by atoms with Gasteiger partial charge in [-0.3, -0.25) is 0 Å². The summed E-state index contributed by atoms with van der Waals surface area (Å²) in [5, 5.41) is 0. The van der Waals surface area contributed by atoms with E-state index in [4.69, 9.17) is 0 Å². The second-order valence-electron chi connectivity index (χ2n) is 3.03. The van der Waals surface area contributed by atoms with Crippen molar-refractivity contribution >= 4 is 20.9 Å². The van der Waals surface area contributed by atoms with Crippen molar-refractivity contribution in [3.8, 4) is 0 Å². The van der Waals surface area contributed by atoms with Crippen LogP contribution in [0.5, 0.6) is 0 Å². The van der Waals surface area contributed by atoms with Gasteiger partial charge in [0.1, 0.15) is 0 Å². The molecule has 0 amide bonds. The molecular weight excluding hydrogens is 229 g/mol. The maximum absolute atomic E-state index is 2.20. The summed E-state index contributed by atoms with van der Waals surface area (Å²) in [6.45, 7) is 12.5. The Labute approximate surface area is 98.3 Å². The average molecular weight is 252 g/mol. The van der Waals surface area contributed by atoms with E-state index in [0.29, 0.717) is 0 Å². The molecule has 1 heteroatoms. The van der Waals surface area contributed by atoms with Gasteiger partial charge in [-0.2, -0.15) is 0 Å². The quantitative estimate of drug-likeness (QED) is 0.619. The van der Waals surface area contributed by atoms with E-state index in [1.807, 2.05) is 13.8 Å². The zero-order valence-electron chi connectivity index (χ0n) is 10.4. The van der Waals surface area contributed by atoms with Crippen molar-refractivity contribution in [3.05, 3.63) is 29.3 Å². The van der Waals surface area contributed by atoms with Crippen molar-refractivity contribution in [2.75, 3.05) is 0 Å². The van der Waals surface area contributed by atoms with Crippen molar-refractivity contribution in [2.45, 2.75) is 48.0 Å². The van der Waals surface area contributed by atoms with Crippen molar-refractivity contribution in [2.24, 2.45) is 0 Å². The van der Waals surface area contributed by atoms with Crippen LogP contribution in [-0.4, -0.2) is 16.5 Å². The maximum atomic E-state index is 2.20. The zero-order valence-corrected chi connectivity index (χ0v) is 12.5. The first kappa shape index (κ1) is 16.2. The first-order valence-corrected chi connectivity index (χ1v) is 6.45. The van der Waals surface area contributed by atoms with Crippen LogP contribution in [0.25, 0.3) is 0 Å². The molecule has 0 bridgehead atoms. The molecule has 79 valence electrons. The van der Waals surface area contributed by atoms with Crippen molar-refractivity contribution in [1.82, 2.24) is 0 Å². The van der Waals surface area contributed by atoms with Crippen LogP contribution in [0.1, 0.15) is 45.2 Å². The van der Waals surface area contributed by atoms with Crippen molar-refractivity contribution in [3.63, 3.8) is 0 Å². The van der Waals surface area contributed by atoms with Gasteiger partial charge >= 0.3 is 64.1 Å². The molecule has 0 saturated heterocycles. The summed E-state index contributed by atoms with van der Waals surface area (Å²) in [5.41, 5.74) is 2.72. The van der Waals surface area contributed by atoms with Crippen molar-refractivity contribution < 1.29 is 0 Å². The topological polar surface area (TPSA) is 0 Å². The molecule has 1 aromatic rings. The normalized spacial score (nSPS) is 7.93. The van der Waals surface area contributed by atoms with E-state index >= 15 is 0 Å². The molecule has 0 spiro atoms. The van der Waals surface area contributed by atoms with Gasteiger partial charge in [0, 0.05) is 0 Å². The van der Waals surface area contributed by atoms with Gasteiger partial charge in [-0.25, -0.2) is 0 Å². The Morgan fingerprint density at radius 2 is 1.50 bits per heavy atom. The molecule has 0 aliphatic carbocycles. The van der Waals surface area contributed by atoms with Crippen LogP contribution in [0.3, 0.4) is 0 Å². The molecule has 0 N–H and O–H groups in total. The molecular formula is C13H23Ge. The molecule has 0 nitrogen and oxygen atoms in total. The van der Waals surface area contributed by atoms with Crippen LogP contribution in [0.15, 0.2) is 18.2 Å². The summed E-state index contributed by atoms with van der Waals surface area (Å²) in [6, 6.07) is 6.50. The third kappa shape index (κ3) is 8.37. The Bertz CT molecular complexity index is 229. The van der Waals surface area contributed by atoms with Gasteiger partial charge in [0.15, 0.2) is 0 Å². The summed E-state index contributed by atoms with van der Waals surface area (Å²) in [4.78, 5) is 0. The van der Waals surface area contributed by atoms with Crippen molar-refractivity contribution in [1.29, 1.82) is 0 Å². The number of hydrogen-bond acceptors (Lipinski definition) is 0. The van der Waals surface area contributed by atoms with Crippen LogP contribution in [0, 0.1) is 13.8 Å². The number of benzene rings is 1. The summed E-state index contributed by atoms with van der Waals surface area (Å²) >= 11 is 2.14. The fourth-order valence-corrected chi connectivity index (χ4v) is 1.39. The van der Waals surface area contributed by atoms with E-state index in [1.54, 1.807) is 0 Å². The van der Waals surface area contributed by atoms with Gasteiger partial charge in [-0.05, 0) is 0 Å². The van der Waals surface area contributed by atoms with Crippen LogP contribution in [0.2, 0.25) is 0 Å². The monoisotopic (exact) mass is 253 g/mol. The van der Waals surface area contributed by atoms with Gasteiger partial charge in [0.25, 0.3) is 0 Å². The standard InChI is InChI=1S/C8H9Ge.C3H8.C2H6/c1-6-3-4-7(2)8(9)5-6;1-3-2;1-2/h3-5H,1-2H3;3H2,1-2H3;1-2H3. The Kier molecular flexibility index (Phi) is 12.5. The third-order valence-electron chi connectivity index (χ3n) is 1.39. The second-order valence-corrected chi connectivity index (χ2v) is 4.16. The molecule has 14 heavy (non-hydrogen) atoms. The fourth-order valence-electron chi connectivity index (χ4n) is 0.736. The van der Waals surface area contributed by atoms with E-state index in [2.05, 4.69) is 62.4 Å². The number of hydrogen-bond donors (Lipinski definition) is 0. The minimum atomic E-state index is 1.25. The average Bonchev–Trinajstić information content (AvgIpc) is 2.17. The first-order valence-electron chi connectivity index (χ1n) is 5.40. The summed E-state index contributed by atoms with van der Waals surface area (Å²) < 4.78 is 1.38. The summed E-state index contributed by atoms with van der Waals surface area (Å²) in [5.74, 6) is 0. The molecule has 3 radical (unpaired) electrons.